The molecular formula is C14H17BrFN5O4S. The van der Waals surface area contributed by atoms with Gasteiger partial charge in [-0.05, 0) is 28.9 Å². The molecule has 0 aliphatic carbocycles. The Hall–Kier alpha value is -2.02. The van der Waals surface area contributed by atoms with E-state index in [4.69, 9.17) is 15.0 Å². The molecule has 9 nitrogen and oxygen atoms in total. The zero-order valence-corrected chi connectivity index (χ0v) is 16.2. The summed E-state index contributed by atoms with van der Waals surface area (Å²) in [7, 11) is -3.10. The molecule has 0 aliphatic rings. The number of rotatable bonds is 7. The van der Waals surface area contributed by atoms with E-state index in [9.17, 15) is 12.8 Å². The maximum atomic E-state index is 14.2. The van der Waals surface area contributed by atoms with Crippen LogP contribution in [-0.2, 0) is 10.0 Å². The lowest BCUT2D eigenvalue weighted by atomic mass is 10.3. The summed E-state index contributed by atoms with van der Waals surface area (Å²) in [5, 5.41) is 19.8. The van der Waals surface area contributed by atoms with Gasteiger partial charge in [-0.15, -0.1) is 0 Å². The number of primary sulfonamides is 1. The predicted octanol–water partition coefficient (Wildman–Crippen LogP) is 1.57. The van der Waals surface area contributed by atoms with Crippen LogP contribution >= 0.6 is 15.9 Å². The monoisotopic (exact) mass is 449 g/mol. The Kier molecular flexibility index (Phi) is 6.34. The third-order valence-corrected chi connectivity index (χ3v) is 4.72. The Morgan fingerprint density at radius 1 is 1.46 bits per heavy atom. The van der Waals surface area contributed by atoms with E-state index in [2.05, 4.69) is 36.5 Å². The lowest BCUT2D eigenvalue weighted by Gasteiger charge is -2.15. The Bertz CT molecular complexity index is 912. The van der Waals surface area contributed by atoms with E-state index in [0.29, 0.717) is 10.3 Å². The Balaban J connectivity index is 2.37. The Morgan fingerprint density at radius 2 is 2.15 bits per heavy atom. The number of nitrogens with two attached hydrogens (primary N) is 1. The van der Waals surface area contributed by atoms with Crippen molar-refractivity contribution >= 4 is 43.4 Å². The minimum absolute atomic E-state index is 0.101. The van der Waals surface area contributed by atoms with Crippen LogP contribution in [0.4, 0.5) is 21.8 Å². The molecule has 0 saturated carbocycles. The second-order valence-electron chi connectivity index (χ2n) is 5.28. The van der Waals surface area contributed by atoms with Gasteiger partial charge in [0.05, 0.1) is 18.2 Å². The number of aliphatic hydroxyl groups is 1. The molecule has 0 fully saturated rings. The van der Waals surface area contributed by atoms with Gasteiger partial charge < -0.3 is 20.5 Å². The van der Waals surface area contributed by atoms with E-state index in [0.717, 1.165) is 6.07 Å². The number of nitrogens with one attached hydrogen (secondary N) is 2. The van der Waals surface area contributed by atoms with Crippen molar-refractivity contribution in [1.29, 1.82) is 0 Å². The highest BCUT2D eigenvalue weighted by atomic mass is 79.9. The van der Waals surface area contributed by atoms with Crippen molar-refractivity contribution in [2.75, 3.05) is 24.4 Å². The molecule has 0 bridgehead atoms. The molecule has 0 aliphatic heterocycles. The molecule has 0 spiro atoms. The third-order valence-electron chi connectivity index (χ3n) is 3.17. The number of aromatic nitrogens is 2. The fourth-order valence-corrected chi connectivity index (χ4v) is 3.06. The second kappa shape index (κ2) is 8.12. The number of ether oxygens (including phenoxy) is 1. The van der Waals surface area contributed by atoms with Crippen molar-refractivity contribution in [3.8, 4) is 5.75 Å². The van der Waals surface area contributed by atoms with Crippen molar-refractivity contribution in [3.05, 3.63) is 28.6 Å². The zero-order valence-electron chi connectivity index (χ0n) is 13.8. The first-order chi connectivity index (χ1) is 12.2. The summed E-state index contributed by atoms with van der Waals surface area (Å²) in [6, 6.07) is 1.95. The highest BCUT2D eigenvalue weighted by molar-refractivity contribution is 9.10. The van der Waals surface area contributed by atoms with E-state index in [1.807, 2.05) is 0 Å². The van der Waals surface area contributed by atoms with Crippen LogP contribution in [0.15, 0.2) is 27.7 Å². The van der Waals surface area contributed by atoms with Gasteiger partial charge in [-0.3, -0.25) is 0 Å². The second-order valence-corrected chi connectivity index (χ2v) is 7.63. The number of benzene rings is 1. The highest BCUT2D eigenvalue weighted by Crippen LogP contribution is 2.31. The molecule has 0 amide bonds. The normalized spacial score (nSPS) is 12.5. The van der Waals surface area contributed by atoms with Crippen LogP contribution in [0.3, 0.4) is 0 Å². The molecule has 12 heteroatoms. The number of anilines is 3. The van der Waals surface area contributed by atoms with E-state index in [-0.39, 0.29) is 30.0 Å². The molecule has 1 aromatic carbocycles. The number of hydrogen-bond acceptors (Lipinski definition) is 8. The summed E-state index contributed by atoms with van der Waals surface area (Å²) in [5.74, 6) is -0.790. The van der Waals surface area contributed by atoms with Crippen LogP contribution in [0.1, 0.15) is 6.92 Å². The number of aliphatic hydroxyl groups excluding tert-OH is 1. The Labute approximate surface area is 158 Å². The largest absolute Gasteiger partial charge is 0.495 e. The first kappa shape index (κ1) is 20.3. The molecule has 1 aromatic heterocycles. The number of methoxy groups -OCH3 is 1. The summed E-state index contributed by atoms with van der Waals surface area (Å²) in [6.45, 7) is 1.66. The number of nitrogens with zero attached hydrogens (tertiary/aromatic N) is 2. The molecule has 0 saturated heterocycles. The van der Waals surface area contributed by atoms with E-state index in [1.165, 1.54) is 19.4 Å². The first-order valence-corrected chi connectivity index (χ1v) is 9.57. The smallest absolute Gasteiger partial charge is 0.244 e. The highest BCUT2D eigenvalue weighted by Gasteiger charge is 2.22. The summed E-state index contributed by atoms with van der Waals surface area (Å²) >= 11 is 3.28. The average molecular weight is 450 g/mol. The molecule has 1 atom stereocenters. The van der Waals surface area contributed by atoms with Crippen LogP contribution < -0.4 is 20.5 Å². The van der Waals surface area contributed by atoms with Crippen molar-refractivity contribution in [2.24, 2.45) is 5.14 Å². The van der Waals surface area contributed by atoms with Gasteiger partial charge >= 0.3 is 0 Å². The molecule has 2 rings (SSSR count). The first-order valence-electron chi connectivity index (χ1n) is 7.23. The summed E-state index contributed by atoms with van der Waals surface area (Å²) < 4.78 is 42.7. The summed E-state index contributed by atoms with van der Waals surface area (Å²) in [5.41, 5.74) is 0.162. The molecule has 0 radical (unpaired) electrons. The topological polar surface area (TPSA) is 139 Å². The van der Waals surface area contributed by atoms with Gasteiger partial charge in [0.15, 0.2) is 4.90 Å². The predicted molar refractivity (Wildman–Crippen MR) is 97.5 cm³/mol. The van der Waals surface area contributed by atoms with Crippen molar-refractivity contribution in [2.45, 2.75) is 17.9 Å². The quantitative estimate of drug-likeness (QED) is 0.499. The summed E-state index contributed by atoms with van der Waals surface area (Å²) in [4.78, 5) is 7.53. The molecule has 142 valence electrons. The number of halogens is 2. The van der Waals surface area contributed by atoms with Gasteiger partial charge in [-0.25, -0.2) is 22.9 Å². The lowest BCUT2D eigenvalue weighted by molar-refractivity contribution is 0.281. The standard InChI is InChI=1S/C14H17BrFN5O4S/c1-7(6-22)19-13-9(15)5-18-14(21-13)20-8-3-10(16)12(26(17,23)24)11(4-8)25-2/h3-5,7,22H,6H2,1-2H3,(H2,17,23,24)(H2,18,19,20,21)/t7-/m1/s1. The minimum Gasteiger partial charge on any atom is -0.495 e. The van der Waals surface area contributed by atoms with E-state index >= 15 is 0 Å². The Morgan fingerprint density at radius 3 is 2.73 bits per heavy atom. The number of sulfonamides is 1. The maximum Gasteiger partial charge on any atom is 0.244 e. The third kappa shape index (κ3) is 4.78. The van der Waals surface area contributed by atoms with Crippen molar-refractivity contribution < 1.29 is 22.7 Å². The zero-order chi connectivity index (χ0) is 19.5. The van der Waals surface area contributed by atoms with Crippen LogP contribution in [0.25, 0.3) is 0 Å². The fourth-order valence-electron chi connectivity index (χ4n) is 2.00. The van der Waals surface area contributed by atoms with E-state index in [1.54, 1.807) is 6.92 Å². The van der Waals surface area contributed by atoms with Gasteiger partial charge in [-0.1, -0.05) is 0 Å². The molecule has 0 unspecified atom stereocenters. The van der Waals surface area contributed by atoms with Crippen LogP contribution in [0.5, 0.6) is 5.75 Å². The van der Waals surface area contributed by atoms with Crippen LogP contribution in [0, 0.1) is 5.82 Å². The van der Waals surface area contributed by atoms with E-state index < -0.39 is 20.7 Å². The molecular weight excluding hydrogens is 433 g/mol. The van der Waals surface area contributed by atoms with Crippen LogP contribution in [0.2, 0.25) is 0 Å². The SMILES string of the molecule is COc1cc(Nc2ncc(Br)c(N[C@H](C)CO)n2)cc(F)c1S(N)(=O)=O. The molecule has 2 aromatic rings. The van der Waals surface area contributed by atoms with Gasteiger partial charge in [0.1, 0.15) is 17.4 Å². The molecule has 5 N–H and O–H groups in total. The average Bonchev–Trinajstić information content (AvgIpc) is 2.55. The summed E-state index contributed by atoms with van der Waals surface area (Å²) in [6.07, 6.45) is 1.47. The van der Waals surface area contributed by atoms with Gasteiger partial charge in [0.25, 0.3) is 0 Å². The number of hydrogen-bond donors (Lipinski definition) is 4. The fraction of sp³-hybridized carbons (Fsp3) is 0.286. The van der Waals surface area contributed by atoms with Crippen LogP contribution in [-0.4, -0.2) is 43.3 Å². The van der Waals surface area contributed by atoms with Crippen molar-refractivity contribution in [1.82, 2.24) is 9.97 Å². The van der Waals surface area contributed by atoms with Gasteiger partial charge in [0, 0.05) is 24.0 Å². The molecule has 1 heterocycles. The molecule has 26 heavy (non-hydrogen) atoms. The lowest BCUT2D eigenvalue weighted by Crippen LogP contribution is -2.20. The minimum atomic E-state index is -4.29. The van der Waals surface area contributed by atoms with Crippen molar-refractivity contribution in [3.63, 3.8) is 0 Å². The maximum absolute atomic E-state index is 14.2. The van der Waals surface area contributed by atoms with Gasteiger partial charge in [0.2, 0.25) is 16.0 Å². The van der Waals surface area contributed by atoms with Gasteiger partial charge in [-0.2, -0.15) is 4.98 Å².